The van der Waals surface area contributed by atoms with Gasteiger partial charge < -0.3 is 10.6 Å². The summed E-state index contributed by atoms with van der Waals surface area (Å²) in [5, 5.41) is 5.25. The van der Waals surface area contributed by atoms with E-state index >= 15 is 0 Å². The van der Waals surface area contributed by atoms with Gasteiger partial charge in [0.1, 0.15) is 10.9 Å². The Bertz CT molecular complexity index is 246. The van der Waals surface area contributed by atoms with Crippen LogP contribution >= 0.6 is 23.2 Å². The third-order valence-corrected chi connectivity index (χ3v) is 2.54. The molecule has 1 rings (SSSR count). The zero-order chi connectivity index (χ0) is 11.3. The predicted molar refractivity (Wildman–Crippen MR) is 58.9 cm³/mol. The van der Waals surface area contributed by atoms with Crippen molar-refractivity contribution in [2.24, 2.45) is 0 Å². The Balaban J connectivity index is 2.39. The van der Waals surface area contributed by atoms with Crippen LogP contribution in [-0.4, -0.2) is 29.2 Å². The fraction of sp³-hybridized carbons (Fsp3) is 0.778. The van der Waals surface area contributed by atoms with Crippen molar-refractivity contribution in [1.29, 1.82) is 0 Å². The van der Waals surface area contributed by atoms with E-state index in [-0.39, 0.29) is 18.4 Å². The van der Waals surface area contributed by atoms with E-state index in [1.54, 1.807) is 0 Å². The van der Waals surface area contributed by atoms with Crippen molar-refractivity contribution in [3.8, 4) is 0 Å². The molecule has 1 aliphatic rings. The van der Waals surface area contributed by atoms with Crippen LogP contribution in [0.5, 0.6) is 0 Å². The molecule has 0 aromatic rings. The molecule has 1 aliphatic heterocycles. The minimum atomic E-state index is -0.615. The normalized spacial score (nSPS) is 22.1. The highest BCUT2D eigenvalue weighted by Crippen LogP contribution is 2.09. The lowest BCUT2D eigenvalue weighted by Crippen LogP contribution is -2.46. The minimum Gasteiger partial charge on any atom is -0.352 e. The van der Waals surface area contributed by atoms with Gasteiger partial charge in [0.05, 0.1) is 0 Å². The fourth-order valence-electron chi connectivity index (χ4n) is 1.47. The number of hydrogen-bond donors (Lipinski definition) is 2. The van der Waals surface area contributed by atoms with Crippen molar-refractivity contribution in [2.45, 2.75) is 36.6 Å². The van der Waals surface area contributed by atoms with Crippen molar-refractivity contribution < 1.29 is 9.59 Å². The Morgan fingerprint density at radius 2 is 2.27 bits per heavy atom. The summed E-state index contributed by atoms with van der Waals surface area (Å²) >= 11 is 11.0. The second-order valence-electron chi connectivity index (χ2n) is 3.50. The summed E-state index contributed by atoms with van der Waals surface area (Å²) in [5.41, 5.74) is 0. The molecule has 0 aromatic carbocycles. The van der Waals surface area contributed by atoms with E-state index in [1.165, 1.54) is 0 Å². The molecule has 1 saturated heterocycles. The van der Waals surface area contributed by atoms with E-state index in [9.17, 15) is 9.59 Å². The molecule has 1 heterocycles. The van der Waals surface area contributed by atoms with Crippen LogP contribution in [0.2, 0.25) is 0 Å². The number of amides is 2. The minimum absolute atomic E-state index is 0.0686. The van der Waals surface area contributed by atoms with Crippen LogP contribution in [0.4, 0.5) is 0 Å². The molecular formula is C9H14Cl2N2O2. The zero-order valence-corrected chi connectivity index (χ0v) is 9.77. The van der Waals surface area contributed by atoms with E-state index in [2.05, 4.69) is 10.6 Å². The van der Waals surface area contributed by atoms with Crippen molar-refractivity contribution in [3.63, 3.8) is 0 Å². The van der Waals surface area contributed by atoms with Crippen LogP contribution in [0, 0.1) is 0 Å². The molecule has 15 heavy (non-hydrogen) atoms. The molecule has 6 heteroatoms. The van der Waals surface area contributed by atoms with Gasteiger partial charge >= 0.3 is 0 Å². The van der Waals surface area contributed by atoms with Gasteiger partial charge in [-0.25, -0.2) is 0 Å². The maximum absolute atomic E-state index is 11.6. The van der Waals surface area contributed by atoms with Crippen LogP contribution in [0.3, 0.4) is 0 Å². The summed E-state index contributed by atoms with van der Waals surface area (Å²) < 4.78 is 0. The van der Waals surface area contributed by atoms with Crippen molar-refractivity contribution in [1.82, 2.24) is 10.6 Å². The molecule has 0 aliphatic carbocycles. The van der Waals surface area contributed by atoms with Gasteiger partial charge in [-0.1, -0.05) is 6.42 Å². The number of nitrogens with one attached hydrogen (secondary N) is 2. The van der Waals surface area contributed by atoms with Crippen LogP contribution in [-0.2, 0) is 9.59 Å². The number of carbonyl (C=O) groups is 2. The zero-order valence-electron chi connectivity index (χ0n) is 8.26. The first-order valence-electron chi connectivity index (χ1n) is 4.95. The largest absolute Gasteiger partial charge is 0.352 e. The van der Waals surface area contributed by atoms with Crippen LogP contribution in [0.25, 0.3) is 0 Å². The smallest absolute Gasteiger partial charge is 0.242 e. The van der Waals surface area contributed by atoms with Gasteiger partial charge in [-0.2, -0.15) is 0 Å². The maximum Gasteiger partial charge on any atom is 0.242 e. The van der Waals surface area contributed by atoms with Gasteiger partial charge in [-0.3, -0.25) is 9.59 Å². The standard InChI is InChI=1S/C9H14Cl2N2O2/c10-7(11)5-12-9(15)6-3-1-2-4-8(14)13-6/h6-7H,1-5H2,(H,12,15)(H,13,14). The summed E-state index contributed by atoms with van der Waals surface area (Å²) in [6.45, 7) is 0.203. The summed E-state index contributed by atoms with van der Waals surface area (Å²) in [7, 11) is 0. The molecule has 2 N–H and O–H groups in total. The number of halogens is 2. The highest BCUT2D eigenvalue weighted by Gasteiger charge is 2.22. The van der Waals surface area contributed by atoms with Gasteiger partial charge in [0.15, 0.2) is 0 Å². The third-order valence-electron chi connectivity index (χ3n) is 2.23. The van der Waals surface area contributed by atoms with Crippen molar-refractivity contribution in [3.05, 3.63) is 0 Å². The van der Waals surface area contributed by atoms with Gasteiger partial charge in [-0.15, -0.1) is 23.2 Å². The van der Waals surface area contributed by atoms with E-state index in [1.807, 2.05) is 0 Å². The molecule has 0 spiro atoms. The van der Waals surface area contributed by atoms with Crippen LogP contribution < -0.4 is 10.6 Å². The van der Waals surface area contributed by atoms with E-state index < -0.39 is 10.9 Å². The second kappa shape index (κ2) is 6.18. The molecule has 0 saturated carbocycles. The molecule has 4 nitrogen and oxygen atoms in total. The SMILES string of the molecule is O=C1CCCCC(C(=O)NCC(Cl)Cl)N1. The topological polar surface area (TPSA) is 58.2 Å². The average molecular weight is 253 g/mol. The van der Waals surface area contributed by atoms with Crippen molar-refractivity contribution >= 4 is 35.0 Å². The highest BCUT2D eigenvalue weighted by molar-refractivity contribution is 6.44. The first-order valence-corrected chi connectivity index (χ1v) is 5.82. The Labute approximate surface area is 98.7 Å². The second-order valence-corrected chi connectivity index (χ2v) is 4.78. The Morgan fingerprint density at radius 1 is 1.53 bits per heavy atom. The molecule has 2 amide bonds. The van der Waals surface area contributed by atoms with E-state index in [4.69, 9.17) is 23.2 Å². The van der Waals surface area contributed by atoms with Gasteiger partial charge in [0, 0.05) is 13.0 Å². The molecule has 1 fully saturated rings. The molecule has 0 aromatic heterocycles. The monoisotopic (exact) mass is 252 g/mol. The quantitative estimate of drug-likeness (QED) is 0.736. The van der Waals surface area contributed by atoms with Gasteiger partial charge in [0.2, 0.25) is 11.8 Å². The number of hydrogen-bond acceptors (Lipinski definition) is 2. The number of rotatable bonds is 3. The predicted octanol–water partition coefficient (Wildman–Crippen LogP) is 0.965. The maximum atomic E-state index is 11.6. The lowest BCUT2D eigenvalue weighted by atomic mass is 10.1. The number of alkyl halides is 2. The molecular weight excluding hydrogens is 239 g/mol. The molecule has 0 radical (unpaired) electrons. The summed E-state index contributed by atoms with van der Waals surface area (Å²) in [6.07, 6.45) is 2.88. The van der Waals surface area contributed by atoms with Gasteiger partial charge in [0.25, 0.3) is 0 Å². The summed E-state index contributed by atoms with van der Waals surface area (Å²) in [5.74, 6) is -0.280. The molecule has 1 unspecified atom stereocenters. The summed E-state index contributed by atoms with van der Waals surface area (Å²) in [4.78, 5) is 22.1. The lowest BCUT2D eigenvalue weighted by molar-refractivity contribution is -0.128. The Kier molecular flexibility index (Phi) is 5.19. The molecule has 86 valence electrons. The lowest BCUT2D eigenvalue weighted by Gasteiger charge is -2.15. The third kappa shape index (κ3) is 4.71. The molecule has 0 bridgehead atoms. The highest BCUT2D eigenvalue weighted by atomic mass is 35.5. The molecule has 1 atom stereocenters. The Morgan fingerprint density at radius 3 is 2.93 bits per heavy atom. The van der Waals surface area contributed by atoms with Gasteiger partial charge in [-0.05, 0) is 12.8 Å². The number of carbonyl (C=O) groups excluding carboxylic acids is 2. The fourth-order valence-corrected chi connectivity index (χ4v) is 1.62. The van der Waals surface area contributed by atoms with E-state index in [0.717, 1.165) is 12.8 Å². The van der Waals surface area contributed by atoms with Crippen LogP contribution in [0.1, 0.15) is 25.7 Å². The first-order chi connectivity index (χ1) is 7.09. The van der Waals surface area contributed by atoms with Crippen LogP contribution in [0.15, 0.2) is 0 Å². The average Bonchev–Trinajstić information content (AvgIpc) is 2.39. The summed E-state index contributed by atoms with van der Waals surface area (Å²) in [6, 6.07) is -0.438. The Hall–Kier alpha value is -0.480. The first kappa shape index (κ1) is 12.6. The van der Waals surface area contributed by atoms with Crippen molar-refractivity contribution in [2.75, 3.05) is 6.54 Å². The van der Waals surface area contributed by atoms with E-state index in [0.29, 0.717) is 12.8 Å².